The number of hydrogen-bond acceptors (Lipinski definition) is 5. The van der Waals surface area contributed by atoms with E-state index in [1.807, 2.05) is 0 Å². The van der Waals surface area contributed by atoms with Gasteiger partial charge >= 0.3 is 5.97 Å². The normalized spacial score (nSPS) is 10.5. The lowest BCUT2D eigenvalue weighted by Crippen LogP contribution is -2.02. The fraction of sp³-hybridized carbons (Fsp3) is 0.222. The highest BCUT2D eigenvalue weighted by Crippen LogP contribution is 2.18. The van der Waals surface area contributed by atoms with Crippen LogP contribution in [-0.4, -0.2) is 27.8 Å². The van der Waals surface area contributed by atoms with Crippen molar-refractivity contribution in [1.82, 2.24) is 14.8 Å². The average Bonchev–Trinajstić information content (AvgIpc) is 2.53. The molecule has 78 valence electrons. The van der Waals surface area contributed by atoms with Crippen LogP contribution in [-0.2, 0) is 11.8 Å². The van der Waals surface area contributed by atoms with Gasteiger partial charge in [0.05, 0.1) is 18.2 Å². The molecule has 0 aliphatic rings. The third-order valence-corrected chi connectivity index (χ3v) is 2.14. The van der Waals surface area contributed by atoms with Gasteiger partial charge in [-0.3, -0.25) is 4.68 Å². The third-order valence-electron chi connectivity index (χ3n) is 2.14. The molecule has 0 radical (unpaired) electrons. The molecule has 0 aliphatic carbocycles. The summed E-state index contributed by atoms with van der Waals surface area (Å²) in [4.78, 5) is 15.3. The summed E-state index contributed by atoms with van der Waals surface area (Å²) in [5.74, 6) is -0.0758. The number of esters is 1. The zero-order valence-corrected chi connectivity index (χ0v) is 8.39. The lowest BCUT2D eigenvalue weighted by Gasteiger charge is -1.99. The van der Waals surface area contributed by atoms with E-state index in [4.69, 9.17) is 5.73 Å². The standard InChI is InChI=1S/C9H10N4O2/c1-13-6-3-5(9(14)15-2)4-11-7(6)8(10)12-13/h3-4H,1-2H3,(H2,10,12). The molecule has 0 saturated carbocycles. The van der Waals surface area contributed by atoms with Crippen LogP contribution in [0.5, 0.6) is 0 Å². The minimum Gasteiger partial charge on any atom is -0.465 e. The van der Waals surface area contributed by atoms with Gasteiger partial charge in [0.1, 0.15) is 5.52 Å². The zero-order valence-electron chi connectivity index (χ0n) is 8.39. The Morgan fingerprint density at radius 2 is 2.33 bits per heavy atom. The van der Waals surface area contributed by atoms with Crippen molar-refractivity contribution in [3.8, 4) is 0 Å². The summed E-state index contributed by atoms with van der Waals surface area (Å²) in [7, 11) is 3.06. The predicted octanol–water partition coefficient (Wildman–Crippen LogP) is 0.337. The number of carbonyl (C=O) groups is 1. The van der Waals surface area contributed by atoms with Crippen molar-refractivity contribution >= 4 is 22.8 Å². The number of pyridine rings is 1. The Morgan fingerprint density at radius 3 is 3.00 bits per heavy atom. The van der Waals surface area contributed by atoms with Gasteiger partial charge in [0.15, 0.2) is 5.82 Å². The number of hydrogen-bond donors (Lipinski definition) is 1. The van der Waals surface area contributed by atoms with Crippen LogP contribution in [0.15, 0.2) is 12.3 Å². The second-order valence-electron chi connectivity index (χ2n) is 3.09. The molecule has 0 atom stereocenters. The topological polar surface area (TPSA) is 83.0 Å². The van der Waals surface area contributed by atoms with Gasteiger partial charge in [-0.25, -0.2) is 9.78 Å². The van der Waals surface area contributed by atoms with Gasteiger partial charge in [-0.15, -0.1) is 0 Å². The maximum absolute atomic E-state index is 11.3. The molecule has 2 aromatic rings. The van der Waals surface area contributed by atoms with Crippen LogP contribution >= 0.6 is 0 Å². The van der Waals surface area contributed by atoms with E-state index in [1.54, 1.807) is 17.8 Å². The number of ether oxygens (including phenoxy) is 1. The van der Waals surface area contributed by atoms with Crippen LogP contribution < -0.4 is 5.73 Å². The van der Waals surface area contributed by atoms with E-state index >= 15 is 0 Å². The first-order chi connectivity index (χ1) is 7.13. The number of nitrogen functional groups attached to an aromatic ring is 1. The summed E-state index contributed by atoms with van der Waals surface area (Å²) in [5, 5.41) is 4.00. The van der Waals surface area contributed by atoms with E-state index in [0.717, 1.165) is 0 Å². The van der Waals surface area contributed by atoms with Gasteiger partial charge in [-0.05, 0) is 6.07 Å². The molecule has 0 spiro atoms. The first-order valence-corrected chi connectivity index (χ1v) is 4.30. The molecule has 6 heteroatoms. The number of rotatable bonds is 1. The van der Waals surface area contributed by atoms with Crippen molar-refractivity contribution in [3.05, 3.63) is 17.8 Å². The molecule has 2 rings (SSSR count). The van der Waals surface area contributed by atoms with Gasteiger partial charge in [0, 0.05) is 13.2 Å². The molecule has 2 heterocycles. The van der Waals surface area contributed by atoms with E-state index < -0.39 is 5.97 Å². The molecule has 0 fully saturated rings. The zero-order chi connectivity index (χ0) is 11.0. The van der Waals surface area contributed by atoms with Crippen molar-refractivity contribution in [2.24, 2.45) is 7.05 Å². The minimum atomic E-state index is -0.427. The molecule has 2 N–H and O–H groups in total. The molecule has 6 nitrogen and oxygen atoms in total. The molecule has 0 aromatic carbocycles. The maximum atomic E-state index is 11.3. The molecule has 15 heavy (non-hydrogen) atoms. The Balaban J connectivity index is 2.65. The second kappa shape index (κ2) is 3.23. The molecule has 0 amide bonds. The second-order valence-corrected chi connectivity index (χ2v) is 3.09. The van der Waals surface area contributed by atoms with Crippen molar-refractivity contribution in [1.29, 1.82) is 0 Å². The molecule has 0 saturated heterocycles. The van der Waals surface area contributed by atoms with E-state index in [1.165, 1.54) is 13.3 Å². The van der Waals surface area contributed by atoms with Crippen molar-refractivity contribution in [2.45, 2.75) is 0 Å². The lowest BCUT2D eigenvalue weighted by molar-refractivity contribution is 0.0600. The first kappa shape index (κ1) is 9.45. The summed E-state index contributed by atoms with van der Waals surface area (Å²) in [5.41, 5.74) is 7.30. The summed E-state index contributed by atoms with van der Waals surface area (Å²) in [6, 6.07) is 1.65. The fourth-order valence-electron chi connectivity index (χ4n) is 1.39. The highest BCUT2D eigenvalue weighted by molar-refractivity contribution is 5.94. The highest BCUT2D eigenvalue weighted by Gasteiger charge is 2.11. The van der Waals surface area contributed by atoms with Crippen molar-refractivity contribution < 1.29 is 9.53 Å². The third kappa shape index (κ3) is 1.39. The number of aromatic nitrogens is 3. The van der Waals surface area contributed by atoms with Crippen LogP contribution in [0.4, 0.5) is 5.82 Å². The number of methoxy groups -OCH3 is 1. The summed E-state index contributed by atoms with van der Waals surface area (Å²) in [6.45, 7) is 0. The van der Waals surface area contributed by atoms with Gasteiger partial charge in [0.25, 0.3) is 0 Å². The number of nitrogens with two attached hydrogens (primary N) is 1. The Morgan fingerprint density at radius 1 is 1.60 bits per heavy atom. The number of anilines is 1. The van der Waals surface area contributed by atoms with Crippen LogP contribution in [0.3, 0.4) is 0 Å². The number of nitrogens with zero attached hydrogens (tertiary/aromatic N) is 3. The first-order valence-electron chi connectivity index (χ1n) is 4.30. The number of aryl methyl sites for hydroxylation is 1. The maximum Gasteiger partial charge on any atom is 0.339 e. The van der Waals surface area contributed by atoms with Gasteiger partial charge in [-0.2, -0.15) is 5.10 Å². The van der Waals surface area contributed by atoms with Crippen LogP contribution in [0.25, 0.3) is 11.0 Å². The van der Waals surface area contributed by atoms with Crippen LogP contribution in [0.2, 0.25) is 0 Å². The van der Waals surface area contributed by atoms with Crippen molar-refractivity contribution in [3.63, 3.8) is 0 Å². The van der Waals surface area contributed by atoms with Gasteiger partial charge in [0.2, 0.25) is 0 Å². The average molecular weight is 206 g/mol. The van der Waals surface area contributed by atoms with Crippen molar-refractivity contribution in [2.75, 3.05) is 12.8 Å². The van der Waals surface area contributed by atoms with Gasteiger partial charge < -0.3 is 10.5 Å². The molecule has 2 aromatic heterocycles. The SMILES string of the molecule is COC(=O)c1cnc2c(N)nn(C)c2c1. The molecular formula is C9H10N4O2. The summed E-state index contributed by atoms with van der Waals surface area (Å²) >= 11 is 0. The number of fused-ring (bicyclic) bond motifs is 1. The quantitative estimate of drug-likeness (QED) is 0.680. The predicted molar refractivity (Wildman–Crippen MR) is 54.3 cm³/mol. The van der Waals surface area contributed by atoms with Gasteiger partial charge in [-0.1, -0.05) is 0 Å². The lowest BCUT2D eigenvalue weighted by atomic mass is 10.2. The Kier molecular flexibility index (Phi) is 2.03. The largest absolute Gasteiger partial charge is 0.465 e. The van der Waals surface area contributed by atoms with Crippen LogP contribution in [0, 0.1) is 0 Å². The Bertz CT molecular complexity index is 532. The summed E-state index contributed by atoms with van der Waals surface area (Å²) < 4.78 is 6.17. The monoisotopic (exact) mass is 206 g/mol. The smallest absolute Gasteiger partial charge is 0.339 e. The van der Waals surface area contributed by atoms with E-state index in [2.05, 4.69) is 14.8 Å². The molecular weight excluding hydrogens is 196 g/mol. The van der Waals surface area contributed by atoms with E-state index in [9.17, 15) is 4.79 Å². The van der Waals surface area contributed by atoms with E-state index in [-0.39, 0.29) is 0 Å². The minimum absolute atomic E-state index is 0.351. The van der Waals surface area contributed by atoms with Crippen LogP contribution in [0.1, 0.15) is 10.4 Å². The Hall–Kier alpha value is -2.11. The summed E-state index contributed by atoms with van der Waals surface area (Å²) in [6.07, 6.45) is 1.42. The molecule has 0 unspecified atom stereocenters. The molecule has 0 aliphatic heterocycles. The molecule has 0 bridgehead atoms. The fourth-order valence-corrected chi connectivity index (χ4v) is 1.39. The van der Waals surface area contributed by atoms with E-state index in [0.29, 0.717) is 22.4 Å². The number of carbonyl (C=O) groups excluding carboxylic acids is 1. The Labute approximate surface area is 85.6 Å². The highest BCUT2D eigenvalue weighted by atomic mass is 16.5.